The topological polar surface area (TPSA) is 156 Å². The number of hydrogen-bond acceptors (Lipinski definition) is 9. The minimum atomic E-state index is -3.35. The summed E-state index contributed by atoms with van der Waals surface area (Å²) in [6.07, 6.45) is 2.51. The molecule has 1 aliphatic heterocycles. The zero-order valence-electron chi connectivity index (χ0n) is 21.2. The molecular weight excluding hydrogens is 510 g/mol. The van der Waals surface area contributed by atoms with Gasteiger partial charge >= 0.3 is 0 Å². The summed E-state index contributed by atoms with van der Waals surface area (Å²) in [5, 5.41) is 23.3. The summed E-state index contributed by atoms with van der Waals surface area (Å²) in [7, 11) is -1.85. The Morgan fingerprint density at radius 3 is 2.51 bits per heavy atom. The van der Waals surface area contributed by atoms with E-state index in [1.165, 1.54) is 23.1 Å². The molecule has 1 aromatic heterocycles. The van der Waals surface area contributed by atoms with Gasteiger partial charge < -0.3 is 16.0 Å². The maximum Gasteiger partial charge on any atom is 0.233 e. The summed E-state index contributed by atoms with van der Waals surface area (Å²) in [4.78, 5) is 18.4. The molecule has 196 valence electrons. The Morgan fingerprint density at radius 2 is 1.95 bits per heavy atom. The van der Waals surface area contributed by atoms with Crippen LogP contribution in [0.15, 0.2) is 29.3 Å². The molecule has 1 amide bonds. The zero-order valence-corrected chi connectivity index (χ0v) is 22.8. The van der Waals surface area contributed by atoms with Crippen molar-refractivity contribution in [2.24, 2.45) is 11.7 Å². The number of thioether (sulfide) groups is 1. The molecule has 0 spiro atoms. The Morgan fingerprint density at radius 1 is 1.27 bits per heavy atom. The van der Waals surface area contributed by atoms with Gasteiger partial charge in [-0.25, -0.2) is 13.4 Å². The lowest BCUT2D eigenvalue weighted by Crippen LogP contribution is -2.35. The molecule has 0 radical (unpaired) electrons. The van der Waals surface area contributed by atoms with Crippen LogP contribution in [-0.2, 0) is 27.0 Å². The van der Waals surface area contributed by atoms with Crippen molar-refractivity contribution in [3.63, 3.8) is 0 Å². The lowest BCUT2D eigenvalue weighted by molar-refractivity contribution is -0.119. The van der Waals surface area contributed by atoms with E-state index in [1.807, 2.05) is 19.1 Å². The highest BCUT2D eigenvalue weighted by Gasteiger charge is 2.29. The van der Waals surface area contributed by atoms with Gasteiger partial charge in [-0.1, -0.05) is 19.1 Å². The van der Waals surface area contributed by atoms with Gasteiger partial charge in [0.2, 0.25) is 15.9 Å². The number of carbonyl (C=O) groups is 1. The SMILES string of the molecule is CCc1c(C#N)c(SCc2ccc(N(C)S(C)(=O)=O)cc2)nc(N2CC[C@@H](CNC(=O)CN)C2)c1C#N. The number of sulfonamides is 1. The van der Waals surface area contributed by atoms with Gasteiger partial charge in [0.05, 0.1) is 29.6 Å². The average Bonchev–Trinajstić information content (AvgIpc) is 3.37. The summed E-state index contributed by atoms with van der Waals surface area (Å²) in [6.45, 7) is 3.71. The second kappa shape index (κ2) is 12.3. The zero-order chi connectivity index (χ0) is 27.2. The van der Waals surface area contributed by atoms with Crippen LogP contribution >= 0.6 is 11.8 Å². The standard InChI is InChI=1S/C25H31N7O3S2/c1-4-20-21(11-26)24(32-10-9-18(15-32)14-29-23(33)13-28)30-25(22(20)12-27)36-16-17-5-7-19(8-6-17)31(2)37(3,34)35/h5-8,18H,4,9-10,13-16,28H2,1-3H3,(H,29,33)/t18-/m0/s1. The number of amides is 1. The summed E-state index contributed by atoms with van der Waals surface area (Å²) in [5.74, 6) is 1.10. The first kappa shape index (κ1) is 28.3. The largest absolute Gasteiger partial charge is 0.355 e. The monoisotopic (exact) mass is 541 g/mol. The number of pyridine rings is 1. The molecule has 37 heavy (non-hydrogen) atoms. The molecular formula is C25H31N7O3S2. The second-order valence-electron chi connectivity index (χ2n) is 8.84. The van der Waals surface area contributed by atoms with Crippen LogP contribution in [0.1, 0.15) is 35.6 Å². The third-order valence-electron chi connectivity index (χ3n) is 6.36. The molecule has 3 rings (SSSR count). The second-order valence-corrected chi connectivity index (χ2v) is 11.8. The average molecular weight is 542 g/mol. The van der Waals surface area contributed by atoms with E-state index in [0.717, 1.165) is 18.2 Å². The van der Waals surface area contributed by atoms with E-state index in [9.17, 15) is 23.7 Å². The predicted octanol–water partition coefficient (Wildman–Crippen LogP) is 1.98. The molecule has 2 aromatic rings. The van der Waals surface area contributed by atoms with Crippen molar-refractivity contribution in [1.82, 2.24) is 10.3 Å². The van der Waals surface area contributed by atoms with Gasteiger partial charge in [0, 0.05) is 32.4 Å². The lowest BCUT2D eigenvalue weighted by Gasteiger charge is -2.22. The van der Waals surface area contributed by atoms with Crippen LogP contribution in [0.2, 0.25) is 0 Å². The number of nitrogens with zero attached hydrogens (tertiary/aromatic N) is 5. The molecule has 1 atom stereocenters. The Bertz CT molecular complexity index is 1330. The van der Waals surface area contributed by atoms with Crippen LogP contribution in [0.3, 0.4) is 0 Å². The van der Waals surface area contributed by atoms with E-state index in [1.54, 1.807) is 12.1 Å². The fourth-order valence-corrected chi connectivity index (χ4v) is 5.65. The van der Waals surface area contributed by atoms with Crippen molar-refractivity contribution in [1.29, 1.82) is 10.5 Å². The highest BCUT2D eigenvalue weighted by molar-refractivity contribution is 7.98. The first-order chi connectivity index (χ1) is 17.6. The number of nitrogens with two attached hydrogens (primary N) is 1. The van der Waals surface area contributed by atoms with E-state index in [-0.39, 0.29) is 18.4 Å². The van der Waals surface area contributed by atoms with Gasteiger partial charge in [-0.3, -0.25) is 9.10 Å². The van der Waals surface area contributed by atoms with Crippen LogP contribution in [0.5, 0.6) is 0 Å². The molecule has 0 aliphatic carbocycles. The number of nitrogens with one attached hydrogen (secondary N) is 1. The molecule has 12 heteroatoms. The molecule has 0 bridgehead atoms. The number of hydrogen-bond donors (Lipinski definition) is 2. The van der Waals surface area contributed by atoms with Crippen molar-refractivity contribution in [3.8, 4) is 12.1 Å². The van der Waals surface area contributed by atoms with E-state index in [0.29, 0.717) is 65.0 Å². The van der Waals surface area contributed by atoms with Crippen LogP contribution in [-0.4, -0.2) is 58.8 Å². The van der Waals surface area contributed by atoms with Crippen LogP contribution in [0.4, 0.5) is 11.5 Å². The van der Waals surface area contributed by atoms with Crippen LogP contribution in [0, 0.1) is 28.6 Å². The predicted molar refractivity (Wildman–Crippen MR) is 145 cm³/mol. The fourth-order valence-electron chi connectivity index (χ4n) is 4.18. The third-order valence-corrected chi connectivity index (χ3v) is 8.61. The molecule has 0 saturated carbocycles. The number of anilines is 2. The highest BCUT2D eigenvalue weighted by Crippen LogP contribution is 2.35. The maximum atomic E-state index is 11.8. The van der Waals surface area contributed by atoms with Gasteiger partial charge in [-0.15, -0.1) is 11.8 Å². The van der Waals surface area contributed by atoms with E-state index < -0.39 is 10.0 Å². The van der Waals surface area contributed by atoms with Crippen LogP contribution in [0.25, 0.3) is 0 Å². The molecule has 10 nitrogen and oxygen atoms in total. The van der Waals surface area contributed by atoms with Crippen molar-refractivity contribution in [2.45, 2.75) is 30.5 Å². The smallest absolute Gasteiger partial charge is 0.233 e. The maximum absolute atomic E-state index is 11.8. The minimum Gasteiger partial charge on any atom is -0.355 e. The van der Waals surface area contributed by atoms with Crippen molar-refractivity contribution in [3.05, 3.63) is 46.5 Å². The van der Waals surface area contributed by atoms with Gasteiger partial charge in [-0.2, -0.15) is 10.5 Å². The van der Waals surface area contributed by atoms with Gasteiger partial charge in [-0.05, 0) is 42.0 Å². The Hall–Kier alpha value is -3.32. The number of carbonyl (C=O) groups excluding carboxylic acids is 1. The van der Waals surface area contributed by atoms with Crippen molar-refractivity contribution >= 4 is 39.2 Å². The Labute approximate surface area is 222 Å². The molecule has 0 unspecified atom stereocenters. The van der Waals surface area contributed by atoms with Gasteiger partial charge in [0.1, 0.15) is 23.0 Å². The third kappa shape index (κ3) is 6.72. The van der Waals surface area contributed by atoms with Crippen molar-refractivity contribution in [2.75, 3.05) is 48.7 Å². The van der Waals surface area contributed by atoms with E-state index in [2.05, 4.69) is 22.4 Å². The van der Waals surface area contributed by atoms with E-state index >= 15 is 0 Å². The molecule has 3 N–H and O–H groups in total. The Balaban J connectivity index is 1.85. The molecule has 1 aromatic carbocycles. The number of aromatic nitrogens is 1. The number of benzene rings is 1. The number of nitriles is 2. The Kier molecular flexibility index (Phi) is 9.38. The first-order valence-corrected chi connectivity index (χ1v) is 14.7. The molecule has 2 heterocycles. The first-order valence-electron chi connectivity index (χ1n) is 11.9. The molecule has 1 saturated heterocycles. The van der Waals surface area contributed by atoms with E-state index in [4.69, 9.17) is 10.7 Å². The molecule has 1 fully saturated rings. The summed E-state index contributed by atoms with van der Waals surface area (Å²) < 4.78 is 24.8. The summed E-state index contributed by atoms with van der Waals surface area (Å²) in [5.41, 5.74) is 8.39. The fraction of sp³-hybridized carbons (Fsp3) is 0.440. The normalized spacial score (nSPS) is 15.2. The van der Waals surface area contributed by atoms with Gasteiger partial charge in [0.15, 0.2) is 0 Å². The number of rotatable bonds is 10. The summed E-state index contributed by atoms with van der Waals surface area (Å²) in [6, 6.07) is 11.7. The van der Waals surface area contributed by atoms with Gasteiger partial charge in [0.25, 0.3) is 0 Å². The minimum absolute atomic E-state index is 0.0518. The molecule has 1 aliphatic rings. The van der Waals surface area contributed by atoms with Crippen molar-refractivity contribution < 1.29 is 13.2 Å². The lowest BCUT2D eigenvalue weighted by atomic mass is 10.0. The summed E-state index contributed by atoms with van der Waals surface area (Å²) >= 11 is 1.41. The van der Waals surface area contributed by atoms with Crippen LogP contribution < -0.4 is 20.3 Å². The quantitative estimate of drug-likeness (QED) is 0.429. The highest BCUT2D eigenvalue weighted by atomic mass is 32.2.